The zero-order valence-corrected chi connectivity index (χ0v) is 14.4. The van der Waals surface area contributed by atoms with E-state index in [4.69, 9.17) is 20.8 Å². The third-order valence-electron chi connectivity index (χ3n) is 3.65. The minimum absolute atomic E-state index is 0.0896. The van der Waals surface area contributed by atoms with Crippen molar-refractivity contribution >= 4 is 23.3 Å². The highest BCUT2D eigenvalue weighted by Crippen LogP contribution is 2.23. The summed E-state index contributed by atoms with van der Waals surface area (Å²) in [7, 11) is 0. The SMILES string of the molecule is Cc1ccc(C(=O)OCc2ncc(-c3ccc(Cl)cc3)o2)cc1[N+](=O)[O-]. The summed E-state index contributed by atoms with van der Waals surface area (Å²) in [5, 5.41) is 11.6. The van der Waals surface area contributed by atoms with E-state index < -0.39 is 10.9 Å². The standard InChI is InChI=1S/C18H13ClN2O5/c1-11-2-3-13(8-15(11)21(23)24)18(22)25-10-17-20-9-16(26-17)12-4-6-14(19)7-5-12/h2-9H,10H2,1H3. The van der Waals surface area contributed by atoms with E-state index >= 15 is 0 Å². The molecule has 3 aromatic rings. The van der Waals surface area contributed by atoms with Crippen LogP contribution in [-0.2, 0) is 11.3 Å². The van der Waals surface area contributed by atoms with Crippen molar-refractivity contribution in [2.24, 2.45) is 0 Å². The average Bonchev–Trinajstić information content (AvgIpc) is 3.09. The number of aromatic nitrogens is 1. The van der Waals surface area contributed by atoms with Crippen molar-refractivity contribution in [2.45, 2.75) is 13.5 Å². The number of oxazole rings is 1. The number of benzene rings is 2. The molecule has 0 amide bonds. The van der Waals surface area contributed by atoms with E-state index in [0.717, 1.165) is 5.56 Å². The van der Waals surface area contributed by atoms with Crippen LogP contribution in [0, 0.1) is 17.0 Å². The molecule has 0 bridgehead atoms. The maximum atomic E-state index is 12.1. The Morgan fingerprint density at radius 3 is 2.69 bits per heavy atom. The van der Waals surface area contributed by atoms with Crippen LogP contribution in [0.1, 0.15) is 21.8 Å². The number of aryl methyl sites for hydroxylation is 1. The predicted octanol–water partition coefficient (Wildman–Crippen LogP) is 4.57. The number of nitro groups is 1. The van der Waals surface area contributed by atoms with Crippen LogP contribution in [0.25, 0.3) is 11.3 Å². The van der Waals surface area contributed by atoms with Crippen molar-refractivity contribution in [3.8, 4) is 11.3 Å². The topological polar surface area (TPSA) is 95.5 Å². The molecule has 2 aromatic carbocycles. The lowest BCUT2D eigenvalue weighted by Gasteiger charge is -2.03. The lowest BCUT2D eigenvalue weighted by atomic mass is 10.1. The fraction of sp³-hybridized carbons (Fsp3) is 0.111. The van der Waals surface area contributed by atoms with Crippen molar-refractivity contribution in [2.75, 3.05) is 0 Å². The van der Waals surface area contributed by atoms with Crippen LogP contribution in [0.5, 0.6) is 0 Å². The highest BCUT2D eigenvalue weighted by atomic mass is 35.5. The molecule has 0 aliphatic heterocycles. The minimum Gasteiger partial charge on any atom is -0.452 e. The second-order valence-corrected chi connectivity index (χ2v) is 5.90. The second kappa shape index (κ2) is 7.37. The summed E-state index contributed by atoms with van der Waals surface area (Å²) in [6.07, 6.45) is 1.52. The van der Waals surface area contributed by atoms with Crippen LogP contribution in [-0.4, -0.2) is 15.9 Å². The molecule has 7 nitrogen and oxygen atoms in total. The maximum Gasteiger partial charge on any atom is 0.338 e. The van der Waals surface area contributed by atoms with Crippen LogP contribution in [0.3, 0.4) is 0 Å². The van der Waals surface area contributed by atoms with Gasteiger partial charge in [0.1, 0.15) is 0 Å². The fourth-order valence-corrected chi connectivity index (χ4v) is 2.39. The number of rotatable bonds is 5. The van der Waals surface area contributed by atoms with Gasteiger partial charge >= 0.3 is 5.97 Å². The number of carbonyl (C=O) groups excluding carboxylic acids is 1. The molecule has 1 aromatic heterocycles. The third kappa shape index (κ3) is 3.89. The molecule has 132 valence electrons. The first kappa shape index (κ1) is 17.6. The summed E-state index contributed by atoms with van der Waals surface area (Å²) < 4.78 is 10.7. The number of nitrogens with zero attached hydrogens (tertiary/aromatic N) is 2. The quantitative estimate of drug-likeness (QED) is 0.370. The Balaban J connectivity index is 1.68. The number of halogens is 1. The number of esters is 1. The lowest BCUT2D eigenvalue weighted by Crippen LogP contribution is -2.06. The van der Waals surface area contributed by atoms with Crippen molar-refractivity contribution in [1.82, 2.24) is 4.98 Å². The Labute approximate surface area is 153 Å². The Morgan fingerprint density at radius 1 is 1.27 bits per heavy atom. The van der Waals surface area contributed by atoms with Gasteiger partial charge in [-0.1, -0.05) is 17.7 Å². The van der Waals surface area contributed by atoms with Crippen LogP contribution in [0.2, 0.25) is 5.02 Å². The van der Waals surface area contributed by atoms with Crippen molar-refractivity contribution in [3.63, 3.8) is 0 Å². The molecule has 3 rings (SSSR count). The fourth-order valence-electron chi connectivity index (χ4n) is 2.27. The first-order valence-corrected chi connectivity index (χ1v) is 7.94. The van der Waals surface area contributed by atoms with Gasteiger partial charge in [0, 0.05) is 22.2 Å². The summed E-state index contributed by atoms with van der Waals surface area (Å²) in [4.78, 5) is 26.6. The molecule has 0 radical (unpaired) electrons. The summed E-state index contributed by atoms with van der Waals surface area (Å²) >= 11 is 5.84. The van der Waals surface area contributed by atoms with Crippen LogP contribution < -0.4 is 0 Å². The number of nitro benzene ring substituents is 1. The zero-order valence-electron chi connectivity index (χ0n) is 13.6. The normalized spacial score (nSPS) is 10.5. The van der Waals surface area contributed by atoms with Crippen molar-refractivity contribution in [1.29, 1.82) is 0 Å². The molecular weight excluding hydrogens is 360 g/mol. The van der Waals surface area contributed by atoms with E-state index in [0.29, 0.717) is 16.3 Å². The Hall–Kier alpha value is -3.19. The molecule has 0 N–H and O–H groups in total. The highest BCUT2D eigenvalue weighted by molar-refractivity contribution is 6.30. The first-order chi connectivity index (χ1) is 12.4. The van der Waals surface area contributed by atoms with Gasteiger partial charge in [-0.2, -0.15) is 0 Å². The molecule has 0 spiro atoms. The van der Waals surface area contributed by atoms with Gasteiger partial charge in [-0.15, -0.1) is 0 Å². The molecule has 26 heavy (non-hydrogen) atoms. The Kier molecular flexibility index (Phi) is 4.99. The van der Waals surface area contributed by atoms with Gasteiger partial charge < -0.3 is 9.15 Å². The van der Waals surface area contributed by atoms with E-state index in [1.165, 1.54) is 24.4 Å². The zero-order chi connectivity index (χ0) is 18.7. The van der Waals surface area contributed by atoms with Gasteiger partial charge in [0.15, 0.2) is 12.4 Å². The second-order valence-electron chi connectivity index (χ2n) is 5.46. The van der Waals surface area contributed by atoms with Crippen LogP contribution in [0.4, 0.5) is 5.69 Å². The molecule has 0 fully saturated rings. The Morgan fingerprint density at radius 2 is 2.00 bits per heavy atom. The third-order valence-corrected chi connectivity index (χ3v) is 3.90. The molecule has 0 saturated carbocycles. The van der Waals surface area contributed by atoms with Gasteiger partial charge in [0.05, 0.1) is 16.7 Å². The highest BCUT2D eigenvalue weighted by Gasteiger charge is 2.17. The largest absolute Gasteiger partial charge is 0.452 e. The van der Waals surface area contributed by atoms with E-state index in [1.54, 1.807) is 31.2 Å². The molecule has 0 unspecified atom stereocenters. The van der Waals surface area contributed by atoms with Gasteiger partial charge in [0.2, 0.25) is 5.89 Å². The molecule has 0 atom stereocenters. The van der Waals surface area contributed by atoms with Gasteiger partial charge in [-0.05, 0) is 37.3 Å². The van der Waals surface area contributed by atoms with E-state index in [1.807, 2.05) is 0 Å². The lowest BCUT2D eigenvalue weighted by molar-refractivity contribution is -0.385. The molecule has 1 heterocycles. The minimum atomic E-state index is -0.695. The maximum absolute atomic E-state index is 12.1. The van der Waals surface area contributed by atoms with E-state index in [9.17, 15) is 14.9 Å². The van der Waals surface area contributed by atoms with Crippen LogP contribution in [0.15, 0.2) is 53.1 Å². The number of hydrogen-bond acceptors (Lipinski definition) is 6. The molecule has 0 saturated heterocycles. The van der Waals surface area contributed by atoms with Crippen molar-refractivity contribution in [3.05, 3.63) is 80.8 Å². The van der Waals surface area contributed by atoms with E-state index in [-0.39, 0.29) is 23.7 Å². The molecule has 0 aliphatic carbocycles. The van der Waals surface area contributed by atoms with Gasteiger partial charge in [0.25, 0.3) is 5.69 Å². The summed E-state index contributed by atoms with van der Waals surface area (Å²) in [6, 6.07) is 11.2. The van der Waals surface area contributed by atoms with Crippen molar-refractivity contribution < 1.29 is 18.9 Å². The molecular formula is C18H13ClN2O5. The van der Waals surface area contributed by atoms with E-state index in [2.05, 4.69) is 4.98 Å². The monoisotopic (exact) mass is 372 g/mol. The summed E-state index contributed by atoms with van der Waals surface area (Å²) in [6.45, 7) is 1.41. The molecule has 8 heteroatoms. The van der Waals surface area contributed by atoms with Crippen LogP contribution >= 0.6 is 11.6 Å². The number of hydrogen-bond donors (Lipinski definition) is 0. The number of ether oxygens (including phenoxy) is 1. The molecule has 0 aliphatic rings. The first-order valence-electron chi connectivity index (χ1n) is 7.57. The summed E-state index contributed by atoms with van der Waals surface area (Å²) in [5.74, 6) is 0.0305. The average molecular weight is 373 g/mol. The number of carbonyl (C=O) groups is 1. The smallest absolute Gasteiger partial charge is 0.338 e. The summed E-state index contributed by atoms with van der Waals surface area (Å²) in [5.41, 5.74) is 1.20. The Bertz CT molecular complexity index is 966. The predicted molar refractivity (Wildman–Crippen MR) is 93.9 cm³/mol. The van der Waals surface area contributed by atoms with Gasteiger partial charge in [-0.25, -0.2) is 9.78 Å². The van der Waals surface area contributed by atoms with Gasteiger partial charge in [-0.3, -0.25) is 10.1 Å².